The van der Waals surface area contributed by atoms with Gasteiger partial charge < -0.3 is 10.6 Å². The summed E-state index contributed by atoms with van der Waals surface area (Å²) < 4.78 is 1.59. The van der Waals surface area contributed by atoms with Crippen molar-refractivity contribution in [2.45, 2.75) is 38.1 Å². The molecule has 2 fully saturated rings. The molecule has 0 amide bonds. The molecule has 1 unspecified atom stereocenters. The molecule has 30 heavy (non-hydrogen) atoms. The Balaban J connectivity index is 1.53. The smallest absolute Gasteiger partial charge is 0.266 e. The minimum atomic E-state index is -0.180. The lowest BCUT2D eigenvalue weighted by molar-refractivity contribution is 0.196. The number of anilines is 1. The molecule has 0 aromatic carbocycles. The monoisotopic (exact) mass is 447 g/mol. The molecule has 1 atom stereocenters. The third-order valence-corrected chi connectivity index (χ3v) is 7.67. The van der Waals surface area contributed by atoms with Crippen LogP contribution >= 0.6 is 23.2 Å². The maximum absolute atomic E-state index is 13.3. The molecule has 3 aromatic rings. The second-order valence-corrected chi connectivity index (χ2v) is 9.12. The quantitative estimate of drug-likeness (QED) is 0.584. The van der Waals surface area contributed by atoms with Gasteiger partial charge in [-0.25, -0.2) is 4.98 Å². The van der Waals surface area contributed by atoms with Crippen LogP contribution < -0.4 is 16.2 Å². The summed E-state index contributed by atoms with van der Waals surface area (Å²) in [4.78, 5) is 24.1. The maximum atomic E-state index is 13.3. The van der Waals surface area contributed by atoms with Gasteiger partial charge in [-0.2, -0.15) is 10.1 Å². The highest BCUT2D eigenvalue weighted by molar-refractivity contribution is 6.43. The van der Waals surface area contributed by atoms with Crippen molar-refractivity contribution in [1.82, 2.24) is 24.7 Å². The Labute approximate surface area is 183 Å². The van der Waals surface area contributed by atoms with Crippen molar-refractivity contribution in [3.8, 4) is 11.3 Å². The Morgan fingerprint density at radius 1 is 1.27 bits per heavy atom. The molecule has 1 aliphatic carbocycles. The summed E-state index contributed by atoms with van der Waals surface area (Å²) in [5.74, 6) is 0.630. The molecule has 0 bridgehead atoms. The minimum absolute atomic E-state index is 0.172. The molecule has 1 aliphatic heterocycles. The minimum Gasteiger partial charge on any atom is -0.342 e. The summed E-state index contributed by atoms with van der Waals surface area (Å²) in [7, 11) is 1.74. The van der Waals surface area contributed by atoms with Crippen LogP contribution in [0.3, 0.4) is 0 Å². The van der Waals surface area contributed by atoms with Crippen molar-refractivity contribution in [3.05, 3.63) is 32.8 Å². The fourth-order valence-corrected chi connectivity index (χ4v) is 5.44. The SMILES string of the molecule is Cn1c(N2CCC3(CCCC3N)CC2)nc2n[nH]c(-c3ccnc(Cl)c3Cl)c2c1=O. The number of H-pyrrole nitrogens is 1. The van der Waals surface area contributed by atoms with Crippen molar-refractivity contribution in [3.63, 3.8) is 0 Å². The summed E-state index contributed by atoms with van der Waals surface area (Å²) >= 11 is 12.4. The maximum Gasteiger partial charge on any atom is 0.266 e. The number of hydrogen-bond acceptors (Lipinski definition) is 6. The Morgan fingerprint density at radius 3 is 2.73 bits per heavy atom. The number of nitrogens with one attached hydrogen (secondary N) is 1. The van der Waals surface area contributed by atoms with Gasteiger partial charge in [-0.3, -0.25) is 14.5 Å². The van der Waals surface area contributed by atoms with Crippen molar-refractivity contribution < 1.29 is 0 Å². The normalized spacial score (nSPS) is 21.1. The molecular formula is C20H23Cl2N7O. The van der Waals surface area contributed by atoms with Crippen molar-refractivity contribution in [2.24, 2.45) is 18.2 Å². The lowest BCUT2D eigenvalue weighted by atomic mass is 9.74. The van der Waals surface area contributed by atoms with E-state index in [4.69, 9.17) is 33.9 Å². The molecule has 1 spiro atoms. The van der Waals surface area contributed by atoms with Gasteiger partial charge in [0.2, 0.25) is 5.95 Å². The van der Waals surface area contributed by atoms with Gasteiger partial charge >= 0.3 is 0 Å². The van der Waals surface area contributed by atoms with Crippen LogP contribution in [0, 0.1) is 5.41 Å². The van der Waals surface area contributed by atoms with Crippen LogP contribution in [0.5, 0.6) is 0 Å². The van der Waals surface area contributed by atoms with Gasteiger partial charge in [-0.05, 0) is 37.2 Å². The molecule has 3 N–H and O–H groups in total. The molecule has 10 heteroatoms. The number of fused-ring (bicyclic) bond motifs is 1. The van der Waals surface area contributed by atoms with Crippen LogP contribution in [0.1, 0.15) is 32.1 Å². The summed E-state index contributed by atoms with van der Waals surface area (Å²) in [5, 5.41) is 8.02. The number of pyridine rings is 1. The fourth-order valence-electron chi connectivity index (χ4n) is 5.07. The van der Waals surface area contributed by atoms with E-state index >= 15 is 0 Å². The zero-order valence-corrected chi connectivity index (χ0v) is 18.2. The summed E-state index contributed by atoms with van der Waals surface area (Å²) in [6.45, 7) is 1.67. The summed E-state index contributed by atoms with van der Waals surface area (Å²) in [6.07, 6.45) is 7.12. The van der Waals surface area contributed by atoms with E-state index in [9.17, 15) is 4.79 Å². The van der Waals surface area contributed by atoms with E-state index in [1.807, 2.05) is 0 Å². The van der Waals surface area contributed by atoms with Crippen LogP contribution in [-0.2, 0) is 7.05 Å². The number of hydrogen-bond donors (Lipinski definition) is 2. The summed E-state index contributed by atoms with van der Waals surface area (Å²) in [5.41, 5.74) is 7.91. The van der Waals surface area contributed by atoms with E-state index in [0.29, 0.717) is 28.2 Å². The largest absolute Gasteiger partial charge is 0.342 e. The lowest BCUT2D eigenvalue weighted by Crippen LogP contribution is -2.48. The van der Waals surface area contributed by atoms with Gasteiger partial charge in [0.25, 0.3) is 5.56 Å². The molecule has 158 valence electrons. The van der Waals surface area contributed by atoms with E-state index in [2.05, 4.69) is 20.1 Å². The van der Waals surface area contributed by atoms with Crippen LogP contribution in [0.15, 0.2) is 17.1 Å². The topological polar surface area (TPSA) is 106 Å². The highest BCUT2D eigenvalue weighted by Gasteiger charge is 2.43. The number of nitrogens with two attached hydrogens (primary N) is 1. The standard InChI is InChI=1S/C20H23Cl2N7O/c1-28-18(30)13-15(11-4-8-24-16(22)14(11)21)26-27-17(13)25-19(28)29-9-6-20(7-10-29)5-2-3-12(20)23/h4,8,12H,2-3,5-7,9-10,23H2,1H3,(H,26,27). The molecule has 1 saturated heterocycles. The van der Waals surface area contributed by atoms with Crippen LogP contribution in [0.25, 0.3) is 22.3 Å². The van der Waals surface area contributed by atoms with Gasteiger partial charge in [0.05, 0.1) is 10.7 Å². The Morgan fingerprint density at radius 2 is 2.03 bits per heavy atom. The van der Waals surface area contributed by atoms with E-state index in [1.165, 1.54) is 12.8 Å². The second-order valence-electron chi connectivity index (χ2n) is 8.38. The van der Waals surface area contributed by atoms with Crippen molar-refractivity contribution in [2.75, 3.05) is 18.0 Å². The van der Waals surface area contributed by atoms with Crippen LogP contribution in [-0.4, -0.2) is 43.9 Å². The average molecular weight is 448 g/mol. The molecule has 8 nitrogen and oxygen atoms in total. The number of aromatic amines is 1. The first-order valence-electron chi connectivity index (χ1n) is 10.2. The zero-order chi connectivity index (χ0) is 21.0. The predicted molar refractivity (Wildman–Crippen MR) is 118 cm³/mol. The average Bonchev–Trinajstić information content (AvgIpc) is 3.32. The van der Waals surface area contributed by atoms with E-state index < -0.39 is 0 Å². The van der Waals surface area contributed by atoms with Crippen molar-refractivity contribution >= 4 is 40.2 Å². The molecule has 2 aliphatic rings. The van der Waals surface area contributed by atoms with E-state index in [-0.39, 0.29) is 27.2 Å². The third-order valence-electron chi connectivity index (χ3n) is 6.91. The number of halogens is 2. The third kappa shape index (κ3) is 2.92. The first-order chi connectivity index (χ1) is 14.4. The molecule has 3 aromatic heterocycles. The zero-order valence-electron chi connectivity index (χ0n) is 16.7. The van der Waals surface area contributed by atoms with Crippen LogP contribution in [0.4, 0.5) is 5.95 Å². The first kappa shape index (κ1) is 19.8. The number of aromatic nitrogens is 5. The Hall–Kier alpha value is -2.16. The van der Waals surface area contributed by atoms with Gasteiger partial charge in [0, 0.05) is 37.9 Å². The molecule has 4 heterocycles. The number of nitrogens with zero attached hydrogens (tertiary/aromatic N) is 5. The van der Waals surface area contributed by atoms with E-state index in [0.717, 1.165) is 32.4 Å². The highest BCUT2D eigenvalue weighted by atomic mass is 35.5. The van der Waals surface area contributed by atoms with Gasteiger partial charge in [-0.15, -0.1) is 0 Å². The van der Waals surface area contributed by atoms with E-state index in [1.54, 1.807) is 23.9 Å². The Kier molecular flexibility index (Phi) is 4.76. The highest BCUT2D eigenvalue weighted by Crippen LogP contribution is 2.45. The number of piperidine rings is 1. The molecule has 5 rings (SSSR count). The summed E-state index contributed by atoms with van der Waals surface area (Å²) in [6, 6.07) is 1.98. The van der Waals surface area contributed by atoms with Gasteiger partial charge in [0.15, 0.2) is 5.65 Å². The molecule has 0 radical (unpaired) electrons. The van der Waals surface area contributed by atoms with Gasteiger partial charge in [0.1, 0.15) is 10.5 Å². The predicted octanol–water partition coefficient (Wildman–Crippen LogP) is 3.12. The molecular weight excluding hydrogens is 425 g/mol. The molecule has 1 saturated carbocycles. The fraction of sp³-hybridized carbons (Fsp3) is 0.500. The van der Waals surface area contributed by atoms with Gasteiger partial charge in [-0.1, -0.05) is 29.6 Å². The second kappa shape index (κ2) is 7.21. The first-order valence-corrected chi connectivity index (χ1v) is 10.9. The van der Waals surface area contributed by atoms with Crippen LogP contribution in [0.2, 0.25) is 10.2 Å². The lowest BCUT2D eigenvalue weighted by Gasteiger charge is -2.42. The number of rotatable bonds is 2. The Bertz CT molecular complexity index is 1180. The van der Waals surface area contributed by atoms with Crippen molar-refractivity contribution in [1.29, 1.82) is 0 Å².